The summed E-state index contributed by atoms with van der Waals surface area (Å²) in [6.45, 7) is 7.40. The van der Waals surface area contributed by atoms with Gasteiger partial charge in [0.25, 0.3) is 0 Å². The Bertz CT molecular complexity index is 508. The molecule has 0 fully saturated rings. The summed E-state index contributed by atoms with van der Waals surface area (Å²) in [6.07, 6.45) is 0.964. The first kappa shape index (κ1) is 12.8. The van der Waals surface area contributed by atoms with Gasteiger partial charge in [0.15, 0.2) is 0 Å². The number of rotatable bonds is 5. The predicted octanol–water partition coefficient (Wildman–Crippen LogP) is 1.88. The van der Waals surface area contributed by atoms with E-state index in [0.29, 0.717) is 6.54 Å². The van der Waals surface area contributed by atoms with Crippen molar-refractivity contribution in [3.05, 3.63) is 34.8 Å². The number of nitrogens with one attached hydrogen (secondary N) is 1. The quantitative estimate of drug-likeness (QED) is 0.877. The Morgan fingerprint density at radius 1 is 1.33 bits per heavy atom. The summed E-state index contributed by atoms with van der Waals surface area (Å²) in [6, 6.07) is 2.12. The van der Waals surface area contributed by atoms with Gasteiger partial charge in [-0.1, -0.05) is 6.92 Å². The van der Waals surface area contributed by atoms with Gasteiger partial charge in [-0.3, -0.25) is 4.68 Å². The predicted molar refractivity (Wildman–Crippen MR) is 69.1 cm³/mol. The van der Waals surface area contributed by atoms with E-state index in [9.17, 15) is 0 Å². The third-order valence-corrected chi connectivity index (χ3v) is 3.04. The van der Waals surface area contributed by atoms with Gasteiger partial charge >= 0.3 is 0 Å². The van der Waals surface area contributed by atoms with Gasteiger partial charge < -0.3 is 9.73 Å². The third kappa shape index (κ3) is 2.79. The summed E-state index contributed by atoms with van der Waals surface area (Å²) in [5.74, 6) is 1.63. The summed E-state index contributed by atoms with van der Waals surface area (Å²) >= 11 is 0. The Hall–Kier alpha value is -1.62. The highest BCUT2D eigenvalue weighted by molar-refractivity contribution is 5.10. The molecular formula is C13H20N4O. The zero-order valence-electron chi connectivity index (χ0n) is 11.4. The van der Waals surface area contributed by atoms with Crippen LogP contribution in [0.3, 0.4) is 0 Å². The molecule has 0 aliphatic rings. The maximum absolute atomic E-state index is 5.51. The average Bonchev–Trinajstić information content (AvgIpc) is 2.84. The molecular weight excluding hydrogens is 228 g/mol. The fourth-order valence-electron chi connectivity index (χ4n) is 1.82. The van der Waals surface area contributed by atoms with Crippen LogP contribution in [0.5, 0.6) is 0 Å². The van der Waals surface area contributed by atoms with Crippen molar-refractivity contribution in [1.29, 1.82) is 0 Å². The van der Waals surface area contributed by atoms with Crippen molar-refractivity contribution in [3.8, 4) is 0 Å². The van der Waals surface area contributed by atoms with E-state index in [0.717, 1.165) is 36.0 Å². The molecule has 0 atom stereocenters. The van der Waals surface area contributed by atoms with Crippen LogP contribution < -0.4 is 5.32 Å². The molecule has 2 aromatic rings. The highest BCUT2D eigenvalue weighted by Crippen LogP contribution is 2.08. The summed E-state index contributed by atoms with van der Waals surface area (Å²) in [5.41, 5.74) is 3.25. The lowest BCUT2D eigenvalue weighted by Gasteiger charge is -2.02. The molecule has 98 valence electrons. The van der Waals surface area contributed by atoms with Gasteiger partial charge in [0.05, 0.1) is 23.6 Å². The minimum absolute atomic E-state index is 0.640. The molecule has 2 aromatic heterocycles. The molecule has 0 unspecified atom stereocenters. The number of hydrogen-bond donors (Lipinski definition) is 1. The molecule has 5 nitrogen and oxygen atoms in total. The van der Waals surface area contributed by atoms with E-state index in [1.165, 1.54) is 5.69 Å². The lowest BCUT2D eigenvalue weighted by molar-refractivity contribution is 0.446. The first-order valence-electron chi connectivity index (χ1n) is 6.25. The van der Waals surface area contributed by atoms with E-state index in [-0.39, 0.29) is 0 Å². The molecule has 2 heterocycles. The molecule has 0 spiro atoms. The zero-order chi connectivity index (χ0) is 13.1. The molecule has 0 bridgehead atoms. The van der Waals surface area contributed by atoms with E-state index in [1.807, 2.05) is 25.6 Å². The van der Waals surface area contributed by atoms with E-state index >= 15 is 0 Å². The van der Waals surface area contributed by atoms with Crippen molar-refractivity contribution in [2.45, 2.75) is 40.3 Å². The first-order chi connectivity index (χ1) is 8.60. The summed E-state index contributed by atoms with van der Waals surface area (Å²) in [5, 5.41) is 7.73. The van der Waals surface area contributed by atoms with Crippen LogP contribution in [-0.4, -0.2) is 14.8 Å². The molecule has 0 radical (unpaired) electrons. The van der Waals surface area contributed by atoms with Gasteiger partial charge in [-0.2, -0.15) is 5.10 Å². The van der Waals surface area contributed by atoms with Crippen LogP contribution in [0, 0.1) is 13.8 Å². The molecule has 0 aliphatic carbocycles. The van der Waals surface area contributed by atoms with E-state index < -0.39 is 0 Å². The zero-order valence-corrected chi connectivity index (χ0v) is 11.4. The van der Waals surface area contributed by atoms with Crippen LogP contribution in [0.2, 0.25) is 0 Å². The average molecular weight is 248 g/mol. The van der Waals surface area contributed by atoms with Gasteiger partial charge in [-0.15, -0.1) is 0 Å². The lowest BCUT2D eigenvalue weighted by Crippen LogP contribution is -2.15. The van der Waals surface area contributed by atoms with Gasteiger partial charge in [-0.25, -0.2) is 4.98 Å². The second-order valence-electron chi connectivity index (χ2n) is 4.46. The number of aryl methyl sites for hydroxylation is 4. The fourth-order valence-corrected chi connectivity index (χ4v) is 1.82. The minimum Gasteiger partial charge on any atom is -0.444 e. The molecule has 18 heavy (non-hydrogen) atoms. The standard InChI is InChI=1S/C13H20N4O/c1-5-11-6-12(17(4)16-11)7-14-8-13-15-9(2)10(3)18-13/h6,14H,5,7-8H2,1-4H3. The molecule has 0 aliphatic heterocycles. The second kappa shape index (κ2) is 5.35. The van der Waals surface area contributed by atoms with Crippen molar-refractivity contribution in [3.63, 3.8) is 0 Å². The van der Waals surface area contributed by atoms with E-state index in [2.05, 4.69) is 28.4 Å². The van der Waals surface area contributed by atoms with Gasteiger partial charge in [-0.05, 0) is 26.3 Å². The fraction of sp³-hybridized carbons (Fsp3) is 0.538. The second-order valence-corrected chi connectivity index (χ2v) is 4.46. The first-order valence-corrected chi connectivity index (χ1v) is 6.25. The van der Waals surface area contributed by atoms with Gasteiger partial charge in [0.1, 0.15) is 5.76 Å². The van der Waals surface area contributed by atoms with Crippen molar-refractivity contribution in [2.24, 2.45) is 7.05 Å². The summed E-state index contributed by atoms with van der Waals surface area (Å²) < 4.78 is 7.43. The highest BCUT2D eigenvalue weighted by atomic mass is 16.4. The Morgan fingerprint density at radius 2 is 2.11 bits per heavy atom. The molecule has 1 N–H and O–H groups in total. The van der Waals surface area contributed by atoms with Crippen LogP contribution in [-0.2, 0) is 26.6 Å². The topological polar surface area (TPSA) is 55.9 Å². The van der Waals surface area contributed by atoms with E-state index in [1.54, 1.807) is 0 Å². The van der Waals surface area contributed by atoms with Crippen molar-refractivity contribution >= 4 is 0 Å². The van der Waals surface area contributed by atoms with Crippen LogP contribution in [0.25, 0.3) is 0 Å². The number of aromatic nitrogens is 3. The highest BCUT2D eigenvalue weighted by Gasteiger charge is 2.06. The van der Waals surface area contributed by atoms with Crippen molar-refractivity contribution in [1.82, 2.24) is 20.1 Å². The Kier molecular flexibility index (Phi) is 3.81. The Labute approximate surface area is 107 Å². The SMILES string of the molecule is CCc1cc(CNCc2nc(C)c(C)o2)n(C)n1. The number of nitrogens with zero attached hydrogens (tertiary/aromatic N) is 3. The maximum atomic E-state index is 5.51. The van der Waals surface area contributed by atoms with E-state index in [4.69, 9.17) is 4.42 Å². The molecule has 0 saturated heterocycles. The van der Waals surface area contributed by atoms with Crippen LogP contribution >= 0.6 is 0 Å². The number of hydrogen-bond acceptors (Lipinski definition) is 4. The summed E-state index contributed by atoms with van der Waals surface area (Å²) in [4.78, 5) is 4.33. The molecule has 0 aromatic carbocycles. The monoisotopic (exact) mass is 248 g/mol. The molecule has 2 rings (SSSR count). The third-order valence-electron chi connectivity index (χ3n) is 3.04. The molecule has 5 heteroatoms. The van der Waals surface area contributed by atoms with Crippen LogP contribution in [0.4, 0.5) is 0 Å². The van der Waals surface area contributed by atoms with Crippen LogP contribution in [0.15, 0.2) is 10.5 Å². The smallest absolute Gasteiger partial charge is 0.208 e. The number of oxazole rings is 1. The Morgan fingerprint density at radius 3 is 2.67 bits per heavy atom. The largest absolute Gasteiger partial charge is 0.444 e. The van der Waals surface area contributed by atoms with Gasteiger partial charge in [0, 0.05) is 13.6 Å². The Balaban J connectivity index is 1.90. The molecule has 0 amide bonds. The normalized spacial score (nSPS) is 11.1. The maximum Gasteiger partial charge on any atom is 0.208 e. The van der Waals surface area contributed by atoms with Crippen LogP contribution in [0.1, 0.15) is 35.7 Å². The van der Waals surface area contributed by atoms with Crippen molar-refractivity contribution < 1.29 is 4.42 Å². The van der Waals surface area contributed by atoms with Crippen molar-refractivity contribution in [2.75, 3.05) is 0 Å². The summed E-state index contributed by atoms with van der Waals surface area (Å²) in [7, 11) is 1.97. The minimum atomic E-state index is 0.640. The molecule has 0 saturated carbocycles. The lowest BCUT2D eigenvalue weighted by atomic mass is 10.3. The van der Waals surface area contributed by atoms with Gasteiger partial charge in [0.2, 0.25) is 5.89 Å².